The van der Waals surface area contributed by atoms with E-state index in [-0.39, 0.29) is 11.9 Å². The number of aryl methyl sites for hydroxylation is 2. The SMILES string of the molecule is C[C@@H](C(=O)Nc1ccc2c(c1)CCC2)[NH+]1CC[NH+](Cc2ccc3c(c2)OCO3)CC1. The summed E-state index contributed by atoms with van der Waals surface area (Å²) >= 11 is 0. The van der Waals surface area contributed by atoms with Crippen molar-refractivity contribution < 1.29 is 24.1 Å². The lowest BCUT2D eigenvalue weighted by atomic mass is 10.1. The van der Waals surface area contributed by atoms with Gasteiger partial charge in [-0.1, -0.05) is 6.07 Å². The summed E-state index contributed by atoms with van der Waals surface area (Å²) in [6.07, 6.45) is 3.53. The Morgan fingerprint density at radius 3 is 2.67 bits per heavy atom. The summed E-state index contributed by atoms with van der Waals surface area (Å²) in [6.45, 7) is 7.53. The molecule has 1 saturated heterocycles. The minimum Gasteiger partial charge on any atom is -0.454 e. The lowest BCUT2D eigenvalue weighted by Gasteiger charge is -2.32. The molecule has 2 heterocycles. The van der Waals surface area contributed by atoms with E-state index in [1.54, 1.807) is 4.90 Å². The molecule has 0 spiro atoms. The number of hydrogen-bond donors (Lipinski definition) is 3. The fourth-order valence-electron chi connectivity index (χ4n) is 4.96. The molecule has 3 N–H and O–H groups in total. The maximum absolute atomic E-state index is 12.8. The molecule has 0 radical (unpaired) electrons. The minimum absolute atomic E-state index is 0.0367. The van der Waals surface area contributed by atoms with Crippen molar-refractivity contribution in [1.29, 1.82) is 0 Å². The molecule has 0 unspecified atom stereocenters. The number of benzene rings is 2. The molecule has 158 valence electrons. The third kappa shape index (κ3) is 4.02. The van der Waals surface area contributed by atoms with E-state index >= 15 is 0 Å². The predicted molar refractivity (Wildman–Crippen MR) is 114 cm³/mol. The monoisotopic (exact) mass is 409 g/mol. The van der Waals surface area contributed by atoms with Crippen LogP contribution >= 0.6 is 0 Å². The maximum Gasteiger partial charge on any atom is 0.282 e. The lowest BCUT2D eigenvalue weighted by Crippen LogP contribution is -3.29. The number of ether oxygens (including phenoxy) is 2. The summed E-state index contributed by atoms with van der Waals surface area (Å²) in [5.74, 6) is 1.82. The van der Waals surface area contributed by atoms with Gasteiger partial charge in [-0.3, -0.25) is 4.79 Å². The molecule has 1 amide bonds. The van der Waals surface area contributed by atoms with Gasteiger partial charge in [-0.15, -0.1) is 0 Å². The number of fused-ring (bicyclic) bond motifs is 2. The Hall–Kier alpha value is -2.57. The van der Waals surface area contributed by atoms with Gasteiger partial charge in [0.25, 0.3) is 5.91 Å². The number of anilines is 1. The largest absolute Gasteiger partial charge is 0.454 e. The number of carbonyl (C=O) groups is 1. The van der Waals surface area contributed by atoms with Crippen molar-refractivity contribution >= 4 is 11.6 Å². The van der Waals surface area contributed by atoms with Crippen molar-refractivity contribution in [1.82, 2.24) is 0 Å². The summed E-state index contributed by atoms with van der Waals surface area (Å²) in [5.41, 5.74) is 5.06. The summed E-state index contributed by atoms with van der Waals surface area (Å²) in [4.78, 5) is 15.8. The zero-order chi connectivity index (χ0) is 20.5. The van der Waals surface area contributed by atoms with Gasteiger partial charge in [-0.25, -0.2) is 0 Å². The van der Waals surface area contributed by atoms with E-state index in [4.69, 9.17) is 9.47 Å². The zero-order valence-electron chi connectivity index (χ0n) is 17.6. The number of hydrogen-bond acceptors (Lipinski definition) is 3. The third-order valence-electron chi connectivity index (χ3n) is 6.86. The number of nitrogens with one attached hydrogen (secondary N) is 3. The van der Waals surface area contributed by atoms with E-state index in [9.17, 15) is 4.79 Å². The standard InChI is InChI=1S/C24H29N3O3/c1-17(24(28)25-21-7-6-19-3-2-4-20(19)14-21)27-11-9-26(10-12-27)15-18-5-8-22-23(13-18)30-16-29-22/h5-8,13-14,17H,2-4,9-12,15-16H2,1H3,(H,25,28)/p+2/t17-/m0/s1. The Kier molecular flexibility index (Phi) is 5.35. The number of quaternary nitrogens is 2. The molecular formula is C24H31N3O3+2. The average Bonchev–Trinajstić information content (AvgIpc) is 3.42. The third-order valence-corrected chi connectivity index (χ3v) is 6.86. The summed E-state index contributed by atoms with van der Waals surface area (Å²) in [6, 6.07) is 12.6. The molecule has 1 aliphatic carbocycles. The normalized spacial score (nSPS) is 23.1. The first-order chi connectivity index (χ1) is 14.7. The van der Waals surface area contributed by atoms with Gasteiger partial charge in [-0.2, -0.15) is 0 Å². The highest BCUT2D eigenvalue weighted by Crippen LogP contribution is 2.32. The number of amides is 1. The highest BCUT2D eigenvalue weighted by Gasteiger charge is 2.31. The van der Waals surface area contributed by atoms with Crippen LogP contribution in [0, 0.1) is 0 Å². The van der Waals surface area contributed by atoms with Gasteiger partial charge < -0.3 is 24.6 Å². The first kappa shape index (κ1) is 19.4. The predicted octanol–water partition coefficient (Wildman–Crippen LogP) is 0.215. The van der Waals surface area contributed by atoms with Gasteiger partial charge in [0.2, 0.25) is 6.79 Å². The highest BCUT2D eigenvalue weighted by atomic mass is 16.7. The molecule has 5 rings (SSSR count). The molecule has 0 bridgehead atoms. The number of piperazine rings is 1. The van der Waals surface area contributed by atoms with Crippen LogP contribution in [0.5, 0.6) is 11.5 Å². The van der Waals surface area contributed by atoms with Crippen molar-refractivity contribution in [3.63, 3.8) is 0 Å². The van der Waals surface area contributed by atoms with Gasteiger partial charge in [0.05, 0.1) is 0 Å². The van der Waals surface area contributed by atoms with Crippen LogP contribution in [0.25, 0.3) is 0 Å². The van der Waals surface area contributed by atoms with Crippen LogP contribution in [-0.4, -0.2) is 44.9 Å². The van der Waals surface area contributed by atoms with Gasteiger partial charge in [0.1, 0.15) is 32.7 Å². The second-order valence-electron chi connectivity index (χ2n) is 8.82. The summed E-state index contributed by atoms with van der Waals surface area (Å²) < 4.78 is 10.9. The maximum atomic E-state index is 12.8. The van der Waals surface area contributed by atoms with Gasteiger partial charge >= 0.3 is 0 Å². The first-order valence-electron chi connectivity index (χ1n) is 11.1. The van der Waals surface area contributed by atoms with E-state index in [0.29, 0.717) is 6.79 Å². The Bertz CT molecular complexity index is 937. The molecule has 30 heavy (non-hydrogen) atoms. The highest BCUT2D eigenvalue weighted by molar-refractivity contribution is 5.93. The quantitative estimate of drug-likeness (QED) is 0.662. The minimum atomic E-state index is -0.0367. The molecule has 0 aromatic heterocycles. The van der Waals surface area contributed by atoms with Crippen molar-refractivity contribution in [2.24, 2.45) is 0 Å². The molecule has 6 nitrogen and oxygen atoms in total. The Morgan fingerprint density at radius 2 is 1.80 bits per heavy atom. The Labute approximate surface area is 177 Å². The molecule has 1 fully saturated rings. The van der Waals surface area contributed by atoms with Crippen LogP contribution in [0.2, 0.25) is 0 Å². The van der Waals surface area contributed by atoms with Gasteiger partial charge in [-0.05, 0) is 67.6 Å². The van der Waals surface area contributed by atoms with Crippen molar-refractivity contribution in [3.05, 3.63) is 53.1 Å². The Balaban J connectivity index is 1.13. The van der Waals surface area contributed by atoms with Crippen LogP contribution < -0.4 is 24.6 Å². The van der Waals surface area contributed by atoms with Gasteiger partial charge in [0.15, 0.2) is 17.5 Å². The molecule has 6 heteroatoms. The van der Waals surface area contributed by atoms with Crippen LogP contribution in [0.3, 0.4) is 0 Å². The number of rotatable bonds is 5. The number of carbonyl (C=O) groups excluding carboxylic acids is 1. The molecule has 1 atom stereocenters. The second-order valence-corrected chi connectivity index (χ2v) is 8.82. The first-order valence-corrected chi connectivity index (χ1v) is 11.1. The van der Waals surface area contributed by atoms with Gasteiger partial charge in [0, 0.05) is 11.3 Å². The smallest absolute Gasteiger partial charge is 0.282 e. The fourth-order valence-corrected chi connectivity index (χ4v) is 4.96. The van der Waals surface area contributed by atoms with E-state index in [2.05, 4.69) is 42.6 Å². The average molecular weight is 410 g/mol. The van der Waals surface area contributed by atoms with E-state index in [1.807, 2.05) is 6.07 Å². The fraction of sp³-hybridized carbons (Fsp3) is 0.458. The molecule has 2 aliphatic heterocycles. The molecule has 3 aliphatic rings. The topological polar surface area (TPSA) is 56.4 Å². The van der Waals surface area contributed by atoms with E-state index in [0.717, 1.165) is 56.3 Å². The Morgan fingerprint density at radius 1 is 1.00 bits per heavy atom. The van der Waals surface area contributed by atoms with Crippen molar-refractivity contribution in [3.8, 4) is 11.5 Å². The van der Waals surface area contributed by atoms with Crippen molar-refractivity contribution in [2.75, 3.05) is 38.3 Å². The van der Waals surface area contributed by atoms with Crippen LogP contribution in [0.4, 0.5) is 5.69 Å². The lowest BCUT2D eigenvalue weighted by molar-refractivity contribution is -1.02. The molecular weight excluding hydrogens is 378 g/mol. The molecule has 2 aromatic carbocycles. The van der Waals surface area contributed by atoms with E-state index in [1.165, 1.54) is 34.4 Å². The zero-order valence-corrected chi connectivity index (χ0v) is 17.6. The summed E-state index contributed by atoms with van der Waals surface area (Å²) in [5, 5.41) is 3.15. The molecule has 0 saturated carbocycles. The second kappa shape index (κ2) is 8.28. The van der Waals surface area contributed by atoms with Crippen LogP contribution in [0.15, 0.2) is 36.4 Å². The van der Waals surface area contributed by atoms with Crippen LogP contribution in [0.1, 0.15) is 30.0 Å². The van der Waals surface area contributed by atoms with E-state index < -0.39 is 0 Å². The van der Waals surface area contributed by atoms with Crippen molar-refractivity contribution in [2.45, 2.75) is 38.8 Å². The summed E-state index contributed by atoms with van der Waals surface area (Å²) in [7, 11) is 0. The molecule has 2 aromatic rings. The van der Waals surface area contributed by atoms with Crippen LogP contribution in [-0.2, 0) is 24.2 Å².